The van der Waals surface area contributed by atoms with Gasteiger partial charge in [0.05, 0.1) is 30.5 Å². The molecule has 3 aromatic carbocycles. The molecule has 0 radical (unpaired) electrons. The van der Waals surface area contributed by atoms with Gasteiger partial charge in [0.25, 0.3) is 0 Å². The van der Waals surface area contributed by atoms with E-state index in [4.69, 9.17) is 15.0 Å². The number of hydrogen-bond donors (Lipinski definition) is 1. The number of fused-ring (bicyclic) bond motifs is 1. The van der Waals surface area contributed by atoms with Gasteiger partial charge in [0, 0.05) is 30.6 Å². The zero-order valence-corrected chi connectivity index (χ0v) is 30.4. The molecule has 6 aromatic rings. The minimum absolute atomic E-state index is 0.104. The molecule has 0 spiro atoms. The molecule has 0 aliphatic rings. The molecule has 3 aromatic heterocycles. The van der Waals surface area contributed by atoms with Crippen LogP contribution >= 0.6 is 0 Å². The molecule has 0 fully saturated rings. The summed E-state index contributed by atoms with van der Waals surface area (Å²) in [5.74, 6) is 0.980. The monoisotopic (exact) mass is 638 g/mol. The minimum atomic E-state index is -1.67. The number of hydrogen-bond acceptors (Lipinski definition) is 4. The van der Waals surface area contributed by atoms with Crippen molar-refractivity contribution in [3.63, 3.8) is 0 Å². The van der Waals surface area contributed by atoms with Crippen molar-refractivity contribution in [2.45, 2.75) is 72.0 Å². The number of phenols is 1. The first-order chi connectivity index (χ1) is 22.0. The van der Waals surface area contributed by atoms with Gasteiger partial charge in [-0.1, -0.05) is 104 Å². The molecule has 47 heavy (non-hydrogen) atoms. The first kappa shape index (κ1) is 32.4. The number of aryl methyl sites for hydroxylation is 1. The molecule has 3 heterocycles. The fourth-order valence-corrected chi connectivity index (χ4v) is 7.79. The van der Waals surface area contributed by atoms with Gasteiger partial charge < -0.3 is 9.67 Å². The number of aromatic hydroxyl groups is 1. The SMILES string of the molecule is Cn1c(-c2cccc(C(C)(C)C)c2O)nc2c(-c3cc(-c4cc(-c5ccccc5)c([Si](C)(C)C)cn4)cc(C(C)(C)C)c3)nccc21. The highest BCUT2D eigenvalue weighted by Gasteiger charge is 2.26. The second kappa shape index (κ2) is 11.6. The summed E-state index contributed by atoms with van der Waals surface area (Å²) in [6.45, 7) is 20.2. The van der Waals surface area contributed by atoms with Crippen molar-refractivity contribution in [1.82, 2.24) is 19.5 Å². The van der Waals surface area contributed by atoms with E-state index < -0.39 is 8.07 Å². The van der Waals surface area contributed by atoms with E-state index in [-0.39, 0.29) is 16.6 Å². The van der Waals surface area contributed by atoms with E-state index in [1.165, 1.54) is 21.9 Å². The minimum Gasteiger partial charge on any atom is -0.507 e. The van der Waals surface area contributed by atoms with Crippen molar-refractivity contribution in [2.24, 2.45) is 7.05 Å². The van der Waals surface area contributed by atoms with Crippen molar-refractivity contribution in [3.8, 4) is 50.8 Å². The highest BCUT2D eigenvalue weighted by Crippen LogP contribution is 2.40. The van der Waals surface area contributed by atoms with Gasteiger partial charge in [0.1, 0.15) is 17.1 Å². The maximum atomic E-state index is 11.4. The van der Waals surface area contributed by atoms with Gasteiger partial charge in [-0.2, -0.15) is 0 Å². The molecule has 6 heteroatoms. The Morgan fingerprint density at radius 1 is 0.702 bits per heavy atom. The number of pyridine rings is 2. The number of para-hydroxylation sites is 1. The number of phenolic OH excluding ortho intramolecular Hbond substituents is 1. The summed E-state index contributed by atoms with van der Waals surface area (Å²) in [6.07, 6.45) is 3.96. The molecular formula is C41H46N4OSi. The van der Waals surface area contributed by atoms with Crippen LogP contribution in [-0.2, 0) is 17.9 Å². The van der Waals surface area contributed by atoms with Crippen molar-refractivity contribution in [3.05, 3.63) is 102 Å². The fraction of sp³-hybridized carbons (Fsp3) is 0.293. The first-order valence-corrected chi connectivity index (χ1v) is 19.9. The van der Waals surface area contributed by atoms with Gasteiger partial charge in [-0.3, -0.25) is 9.97 Å². The van der Waals surface area contributed by atoms with Crippen molar-refractivity contribution in [2.75, 3.05) is 0 Å². The number of nitrogens with zero attached hydrogens (tertiary/aromatic N) is 4. The Labute approximate surface area is 280 Å². The van der Waals surface area contributed by atoms with E-state index in [1.807, 2.05) is 37.5 Å². The molecule has 6 rings (SSSR count). The summed E-state index contributed by atoms with van der Waals surface area (Å²) < 4.78 is 2.05. The van der Waals surface area contributed by atoms with E-state index in [0.717, 1.165) is 39.1 Å². The Morgan fingerprint density at radius 2 is 1.40 bits per heavy atom. The molecule has 0 bridgehead atoms. The lowest BCUT2D eigenvalue weighted by atomic mass is 9.84. The van der Waals surface area contributed by atoms with Crippen molar-refractivity contribution in [1.29, 1.82) is 0 Å². The van der Waals surface area contributed by atoms with Crippen LogP contribution < -0.4 is 5.19 Å². The highest BCUT2D eigenvalue weighted by molar-refractivity contribution is 6.89. The normalized spacial score (nSPS) is 12.6. The van der Waals surface area contributed by atoms with Crippen LogP contribution in [0.15, 0.2) is 91.3 Å². The Kier molecular flexibility index (Phi) is 8.00. The predicted molar refractivity (Wildman–Crippen MR) is 200 cm³/mol. The molecule has 0 aliphatic carbocycles. The molecule has 0 unspecified atom stereocenters. The van der Waals surface area contributed by atoms with Gasteiger partial charge in [-0.05, 0) is 74.7 Å². The number of rotatable bonds is 5. The smallest absolute Gasteiger partial charge is 0.144 e. The molecule has 1 N–H and O–H groups in total. The van der Waals surface area contributed by atoms with E-state index >= 15 is 0 Å². The van der Waals surface area contributed by atoms with E-state index in [1.54, 1.807) is 0 Å². The molecule has 0 saturated carbocycles. The summed E-state index contributed by atoms with van der Waals surface area (Å²) in [7, 11) is 0.334. The second-order valence-corrected chi connectivity index (χ2v) is 20.8. The Morgan fingerprint density at radius 3 is 2.06 bits per heavy atom. The third kappa shape index (κ3) is 6.14. The summed E-state index contributed by atoms with van der Waals surface area (Å²) in [5, 5.41) is 12.8. The van der Waals surface area contributed by atoms with E-state index in [0.29, 0.717) is 11.4 Å². The van der Waals surface area contributed by atoms with Crippen LogP contribution in [0, 0.1) is 0 Å². The summed E-state index contributed by atoms with van der Waals surface area (Å²) >= 11 is 0. The predicted octanol–water partition coefficient (Wildman–Crippen LogP) is 9.88. The van der Waals surface area contributed by atoms with E-state index in [2.05, 4.69) is 127 Å². The van der Waals surface area contributed by atoms with Gasteiger partial charge in [-0.25, -0.2) is 4.98 Å². The lowest BCUT2D eigenvalue weighted by molar-refractivity contribution is 0.448. The van der Waals surface area contributed by atoms with Crippen LogP contribution in [0.5, 0.6) is 5.75 Å². The Bertz CT molecular complexity index is 2110. The van der Waals surface area contributed by atoms with Gasteiger partial charge in [0.2, 0.25) is 0 Å². The van der Waals surface area contributed by atoms with Gasteiger partial charge in [-0.15, -0.1) is 0 Å². The van der Waals surface area contributed by atoms with Crippen molar-refractivity contribution < 1.29 is 5.11 Å². The van der Waals surface area contributed by atoms with Crippen LogP contribution in [0.25, 0.3) is 56.1 Å². The van der Waals surface area contributed by atoms with Crippen molar-refractivity contribution >= 4 is 24.3 Å². The molecule has 0 aliphatic heterocycles. The van der Waals surface area contributed by atoms with Crippen LogP contribution in [0.1, 0.15) is 52.7 Å². The van der Waals surface area contributed by atoms with Crippen LogP contribution in [0.4, 0.5) is 0 Å². The standard InChI is InChI=1S/C41H46N4OSi/c1-40(2,3)29-22-27(33-24-31(26-15-12-11-13-16-26)35(25-43-33)47(8,9)10)21-28(23-29)36-37-34(19-20-42-36)45(7)39(44-37)30-17-14-18-32(38(30)46)41(4,5)6/h11-25,46H,1-10H3. The molecule has 240 valence electrons. The lowest BCUT2D eigenvalue weighted by Gasteiger charge is -2.23. The molecule has 0 atom stereocenters. The molecule has 0 amide bonds. The fourth-order valence-electron chi connectivity index (χ4n) is 6.31. The molecule has 0 saturated heterocycles. The zero-order chi connectivity index (χ0) is 33.9. The zero-order valence-electron chi connectivity index (χ0n) is 29.4. The Hall–Kier alpha value is -4.55. The average molecular weight is 639 g/mol. The summed E-state index contributed by atoms with van der Waals surface area (Å²) in [6, 6.07) is 27.6. The Balaban J connectivity index is 1.56. The van der Waals surface area contributed by atoms with Crippen LogP contribution in [0.2, 0.25) is 19.6 Å². The summed E-state index contributed by atoms with van der Waals surface area (Å²) in [4.78, 5) is 15.2. The maximum absolute atomic E-state index is 11.4. The topological polar surface area (TPSA) is 63.8 Å². The number of aromatic nitrogens is 4. The maximum Gasteiger partial charge on any atom is 0.144 e. The first-order valence-electron chi connectivity index (χ1n) is 16.4. The lowest BCUT2D eigenvalue weighted by Crippen LogP contribution is -2.39. The second-order valence-electron chi connectivity index (χ2n) is 15.8. The number of imidazole rings is 1. The van der Waals surface area contributed by atoms with Crippen LogP contribution in [0.3, 0.4) is 0 Å². The van der Waals surface area contributed by atoms with E-state index in [9.17, 15) is 5.11 Å². The van der Waals surface area contributed by atoms with Gasteiger partial charge in [0.15, 0.2) is 0 Å². The van der Waals surface area contributed by atoms with Gasteiger partial charge >= 0.3 is 0 Å². The molecular weight excluding hydrogens is 593 g/mol. The van der Waals surface area contributed by atoms with Crippen LogP contribution in [-0.4, -0.2) is 32.7 Å². The quantitative estimate of drug-likeness (QED) is 0.191. The third-order valence-electron chi connectivity index (χ3n) is 9.05. The summed E-state index contributed by atoms with van der Waals surface area (Å²) in [5.41, 5.74) is 10.5. The molecule has 5 nitrogen and oxygen atoms in total. The third-order valence-corrected chi connectivity index (χ3v) is 11.1. The largest absolute Gasteiger partial charge is 0.507 e. The number of benzene rings is 3. The highest BCUT2D eigenvalue weighted by atomic mass is 28.3. The average Bonchev–Trinajstić information content (AvgIpc) is 3.35.